The molecular formula is C34H40FN3O4. The predicted molar refractivity (Wildman–Crippen MR) is 163 cm³/mol. The van der Waals surface area contributed by atoms with Gasteiger partial charge in [0.2, 0.25) is 12.3 Å². The van der Waals surface area contributed by atoms with Gasteiger partial charge in [0.15, 0.2) is 0 Å². The number of amides is 2. The van der Waals surface area contributed by atoms with Crippen LogP contribution in [-0.2, 0) is 19.7 Å². The Bertz CT molecular complexity index is 1510. The van der Waals surface area contributed by atoms with Crippen LogP contribution in [0.15, 0.2) is 54.6 Å². The molecule has 3 aromatic rings. The Morgan fingerprint density at radius 1 is 1.10 bits per heavy atom. The van der Waals surface area contributed by atoms with Gasteiger partial charge in [-0.2, -0.15) is 0 Å². The van der Waals surface area contributed by atoms with Crippen molar-refractivity contribution in [3.63, 3.8) is 0 Å². The minimum absolute atomic E-state index is 0.0155. The lowest BCUT2D eigenvalue weighted by Crippen LogP contribution is -2.49. The van der Waals surface area contributed by atoms with Gasteiger partial charge in [-0.1, -0.05) is 51.1 Å². The van der Waals surface area contributed by atoms with Crippen LogP contribution in [0.4, 0.5) is 15.8 Å². The highest BCUT2D eigenvalue weighted by Crippen LogP contribution is 2.54. The molecule has 0 aromatic heterocycles. The second kappa shape index (κ2) is 12.1. The van der Waals surface area contributed by atoms with Crippen LogP contribution in [0.5, 0.6) is 0 Å². The lowest BCUT2D eigenvalue weighted by molar-refractivity contribution is -0.122. The highest BCUT2D eigenvalue weighted by atomic mass is 19.1. The summed E-state index contributed by atoms with van der Waals surface area (Å²) in [6.45, 7) is 12.7. The van der Waals surface area contributed by atoms with Gasteiger partial charge in [-0.15, -0.1) is 0 Å². The summed E-state index contributed by atoms with van der Waals surface area (Å²) in [5, 5.41) is 9.22. The molecule has 222 valence electrons. The van der Waals surface area contributed by atoms with Crippen LogP contribution in [0.3, 0.4) is 0 Å². The number of rotatable bonds is 5. The zero-order valence-electron chi connectivity index (χ0n) is 25.4. The molecule has 2 unspecified atom stereocenters. The van der Waals surface area contributed by atoms with Crippen molar-refractivity contribution in [1.29, 1.82) is 0 Å². The number of ether oxygens (including phenoxy) is 1. The first-order chi connectivity index (χ1) is 19.8. The van der Waals surface area contributed by atoms with Crippen molar-refractivity contribution < 1.29 is 23.5 Å². The van der Waals surface area contributed by atoms with Gasteiger partial charge in [-0.05, 0) is 84.7 Å². The second-order valence-electron chi connectivity index (χ2n) is 12.4. The molecule has 1 spiro atoms. The summed E-state index contributed by atoms with van der Waals surface area (Å²) >= 11 is 0. The number of halogens is 1. The number of nitrogens with one attached hydrogen (secondary N) is 3. The van der Waals surface area contributed by atoms with E-state index in [1.807, 2.05) is 25.1 Å². The van der Waals surface area contributed by atoms with Gasteiger partial charge >= 0.3 is 5.97 Å². The maximum absolute atomic E-state index is 15.2. The summed E-state index contributed by atoms with van der Waals surface area (Å²) in [6, 6.07) is 16.6. The van der Waals surface area contributed by atoms with Gasteiger partial charge in [0.1, 0.15) is 5.82 Å². The number of anilines is 2. The second-order valence-corrected chi connectivity index (χ2v) is 12.4. The Labute approximate surface area is 247 Å². The predicted octanol–water partition coefficient (Wildman–Crippen LogP) is 6.17. The number of hydrogen-bond acceptors (Lipinski definition) is 5. The maximum atomic E-state index is 15.2. The zero-order chi connectivity index (χ0) is 30.8. The standard InChI is InChI=1S/C24H29FN2O.C10H11NO3/c1-14-9-10-17-19(11-14)27-22(28)24(17)18(13-26-20(24)12-23(3,4)5)16-8-6-7-15(2)21(16)25;1-7-5-8(11-6-12)3-4-9(7)10(13)14-2/h6-11,18,20,26H,12-13H2,1-5H3,(H,27,28);3-6H,1-2H3,(H,11,12)/t18?,20?,24-;/m0./s1. The molecule has 2 heterocycles. The summed E-state index contributed by atoms with van der Waals surface area (Å²) in [4.78, 5) is 34.9. The molecule has 0 radical (unpaired) electrons. The van der Waals surface area contributed by atoms with Gasteiger partial charge in [-0.3, -0.25) is 9.59 Å². The molecule has 3 atom stereocenters. The molecule has 1 fully saturated rings. The van der Waals surface area contributed by atoms with E-state index in [0.717, 1.165) is 28.8 Å². The fraction of sp³-hybridized carbons (Fsp3) is 0.382. The van der Waals surface area contributed by atoms with E-state index in [1.165, 1.54) is 7.11 Å². The van der Waals surface area contributed by atoms with Crippen molar-refractivity contribution in [1.82, 2.24) is 5.32 Å². The van der Waals surface area contributed by atoms with E-state index in [1.54, 1.807) is 38.1 Å². The van der Waals surface area contributed by atoms with Crippen LogP contribution in [-0.4, -0.2) is 38.0 Å². The molecule has 8 heteroatoms. The van der Waals surface area contributed by atoms with Crippen molar-refractivity contribution in [2.45, 2.75) is 65.3 Å². The summed E-state index contributed by atoms with van der Waals surface area (Å²) in [7, 11) is 1.33. The lowest BCUT2D eigenvalue weighted by Gasteiger charge is -2.37. The Hall–Kier alpha value is -4.04. The molecule has 2 aliphatic heterocycles. The largest absolute Gasteiger partial charge is 0.465 e. The van der Waals surface area contributed by atoms with Crippen LogP contribution in [0.25, 0.3) is 0 Å². The monoisotopic (exact) mass is 573 g/mol. The van der Waals surface area contributed by atoms with Crippen molar-refractivity contribution in [3.05, 3.63) is 93.8 Å². The number of esters is 1. The Balaban J connectivity index is 0.000000244. The molecule has 0 saturated carbocycles. The molecule has 2 amide bonds. The third-order valence-electron chi connectivity index (χ3n) is 8.18. The molecule has 3 aromatic carbocycles. The fourth-order valence-corrected chi connectivity index (χ4v) is 6.29. The number of carbonyl (C=O) groups is 3. The minimum atomic E-state index is -0.801. The van der Waals surface area contributed by atoms with E-state index in [4.69, 9.17) is 0 Å². The summed E-state index contributed by atoms with van der Waals surface area (Å²) in [5.74, 6) is -0.833. The van der Waals surface area contributed by atoms with Gasteiger partial charge < -0.3 is 20.7 Å². The van der Waals surface area contributed by atoms with Crippen molar-refractivity contribution in [3.8, 4) is 0 Å². The van der Waals surface area contributed by atoms with Crippen LogP contribution >= 0.6 is 0 Å². The highest BCUT2D eigenvalue weighted by Gasteiger charge is 2.61. The maximum Gasteiger partial charge on any atom is 0.338 e. The average Bonchev–Trinajstić information content (AvgIpc) is 3.42. The molecule has 7 nitrogen and oxygen atoms in total. The third-order valence-corrected chi connectivity index (χ3v) is 8.18. The van der Waals surface area contributed by atoms with Gasteiger partial charge in [0.25, 0.3) is 0 Å². The van der Waals surface area contributed by atoms with Gasteiger partial charge in [0.05, 0.1) is 18.1 Å². The lowest BCUT2D eigenvalue weighted by atomic mass is 9.63. The molecule has 5 rings (SSSR count). The van der Waals surface area contributed by atoms with Crippen molar-refractivity contribution >= 4 is 29.7 Å². The first-order valence-corrected chi connectivity index (χ1v) is 14.1. The molecule has 0 bridgehead atoms. The fourth-order valence-electron chi connectivity index (χ4n) is 6.29. The normalized spacial score (nSPS) is 20.8. The van der Waals surface area contributed by atoms with Crippen LogP contribution < -0.4 is 16.0 Å². The number of benzene rings is 3. The topological polar surface area (TPSA) is 96.5 Å². The Morgan fingerprint density at radius 2 is 1.83 bits per heavy atom. The number of methoxy groups -OCH3 is 1. The molecule has 2 aliphatic rings. The highest BCUT2D eigenvalue weighted by molar-refractivity contribution is 6.08. The third kappa shape index (κ3) is 5.81. The number of aryl methyl sites for hydroxylation is 3. The molecule has 0 aliphatic carbocycles. The zero-order valence-corrected chi connectivity index (χ0v) is 25.4. The smallest absolute Gasteiger partial charge is 0.338 e. The minimum Gasteiger partial charge on any atom is -0.465 e. The van der Waals surface area contributed by atoms with Crippen LogP contribution in [0.1, 0.15) is 71.3 Å². The number of fused-ring (bicyclic) bond motifs is 2. The molecular weight excluding hydrogens is 533 g/mol. The quantitative estimate of drug-likeness (QED) is 0.250. The van der Waals surface area contributed by atoms with E-state index in [2.05, 4.69) is 53.6 Å². The Morgan fingerprint density at radius 3 is 2.48 bits per heavy atom. The van der Waals surface area contributed by atoms with Crippen molar-refractivity contribution in [2.24, 2.45) is 5.41 Å². The summed E-state index contributed by atoms with van der Waals surface area (Å²) in [5.41, 5.74) is 5.38. The SMILES string of the molecule is COC(=O)c1ccc(NC=O)cc1C.Cc1ccc2c(c1)NC(=O)[C@@]21C(CC(C)(C)C)NCC1c1cccc(C)c1F. The van der Waals surface area contributed by atoms with E-state index in [9.17, 15) is 14.4 Å². The average molecular weight is 574 g/mol. The van der Waals surface area contributed by atoms with E-state index in [0.29, 0.717) is 35.3 Å². The molecule has 42 heavy (non-hydrogen) atoms. The van der Waals surface area contributed by atoms with E-state index in [-0.39, 0.29) is 35.1 Å². The Kier molecular flexibility index (Phi) is 8.87. The number of hydrogen-bond donors (Lipinski definition) is 3. The first-order valence-electron chi connectivity index (χ1n) is 14.1. The summed E-state index contributed by atoms with van der Waals surface area (Å²) in [6.07, 6.45) is 1.42. The van der Waals surface area contributed by atoms with Crippen molar-refractivity contribution in [2.75, 3.05) is 24.3 Å². The van der Waals surface area contributed by atoms with E-state index >= 15 is 4.39 Å². The van der Waals surface area contributed by atoms with Gasteiger partial charge in [0, 0.05) is 29.9 Å². The molecule has 3 N–H and O–H groups in total. The van der Waals surface area contributed by atoms with E-state index < -0.39 is 5.41 Å². The summed E-state index contributed by atoms with van der Waals surface area (Å²) < 4.78 is 19.8. The van der Waals surface area contributed by atoms with Crippen LogP contribution in [0.2, 0.25) is 0 Å². The van der Waals surface area contributed by atoms with Crippen LogP contribution in [0, 0.1) is 32.0 Å². The molecule has 1 saturated heterocycles. The number of carbonyl (C=O) groups excluding carboxylic acids is 3. The first kappa shape index (κ1) is 30.9. The van der Waals surface area contributed by atoms with Gasteiger partial charge in [-0.25, -0.2) is 9.18 Å².